The number of aromatic nitrogens is 4. The molecule has 8 nitrogen and oxygen atoms in total. The molecule has 1 atom stereocenters. The Hall–Kier alpha value is -3.01. The van der Waals surface area contributed by atoms with E-state index in [2.05, 4.69) is 10.4 Å². The average Bonchev–Trinajstić information content (AvgIpc) is 3.14. The standard InChI is InChI=1S/C21H23F2N5O3/c1-2-31-17-9-19-24-15(13-4-7-30-8-5-13)11-27(19)12-16(17)25-20(29)14-3-6-28(26-14)18-10-21(18,22)23/h3,6,9,11-13,18H,2,4-5,7-8,10H2,1H3,(H,25,29). The van der Waals surface area contributed by atoms with Gasteiger partial charge in [-0.2, -0.15) is 5.10 Å². The minimum absolute atomic E-state index is 0.0683. The lowest BCUT2D eigenvalue weighted by molar-refractivity contribution is 0.0846. The van der Waals surface area contributed by atoms with Gasteiger partial charge in [0.05, 0.1) is 12.3 Å². The van der Waals surface area contributed by atoms with Crippen LogP contribution in [0.25, 0.3) is 5.65 Å². The van der Waals surface area contributed by atoms with Gasteiger partial charge in [-0.3, -0.25) is 9.48 Å². The van der Waals surface area contributed by atoms with Crippen molar-refractivity contribution in [2.45, 2.75) is 44.1 Å². The van der Waals surface area contributed by atoms with Crippen LogP contribution in [0.1, 0.15) is 54.3 Å². The van der Waals surface area contributed by atoms with Gasteiger partial charge in [0.25, 0.3) is 11.8 Å². The van der Waals surface area contributed by atoms with Gasteiger partial charge in [0.15, 0.2) is 5.69 Å². The Morgan fingerprint density at radius 2 is 2.13 bits per heavy atom. The van der Waals surface area contributed by atoms with Crippen LogP contribution < -0.4 is 10.1 Å². The first kappa shape index (κ1) is 19.9. The molecule has 3 aromatic heterocycles. The van der Waals surface area contributed by atoms with E-state index < -0.39 is 17.9 Å². The van der Waals surface area contributed by atoms with Crippen molar-refractivity contribution >= 4 is 17.2 Å². The maximum absolute atomic E-state index is 13.3. The van der Waals surface area contributed by atoms with Gasteiger partial charge >= 0.3 is 0 Å². The third-order valence-corrected chi connectivity index (χ3v) is 5.71. The molecule has 164 valence electrons. The minimum atomic E-state index is -2.75. The molecule has 0 spiro atoms. The number of anilines is 1. The summed E-state index contributed by atoms with van der Waals surface area (Å²) in [5.74, 6) is -2.42. The second kappa shape index (κ2) is 7.60. The second-order valence-corrected chi connectivity index (χ2v) is 7.92. The van der Waals surface area contributed by atoms with Crippen molar-refractivity contribution in [3.05, 3.63) is 42.1 Å². The summed E-state index contributed by atoms with van der Waals surface area (Å²) in [7, 11) is 0. The fraction of sp³-hybridized carbons (Fsp3) is 0.476. The Labute approximate surface area is 177 Å². The molecular weight excluding hydrogens is 408 g/mol. The molecule has 2 fully saturated rings. The predicted octanol–water partition coefficient (Wildman–Crippen LogP) is 3.66. The monoisotopic (exact) mass is 431 g/mol. The third kappa shape index (κ3) is 3.87. The number of nitrogens with zero attached hydrogens (tertiary/aromatic N) is 4. The summed E-state index contributed by atoms with van der Waals surface area (Å²) in [4.78, 5) is 17.4. The highest BCUT2D eigenvalue weighted by atomic mass is 19.3. The molecule has 5 rings (SSSR count). The third-order valence-electron chi connectivity index (χ3n) is 5.71. The lowest BCUT2D eigenvalue weighted by Crippen LogP contribution is -2.15. The van der Waals surface area contributed by atoms with Crippen LogP contribution in [0, 0.1) is 0 Å². The Morgan fingerprint density at radius 3 is 2.84 bits per heavy atom. The highest BCUT2D eigenvalue weighted by Crippen LogP contribution is 2.52. The number of alkyl halides is 2. The molecule has 1 amide bonds. The number of hydrogen-bond donors (Lipinski definition) is 1. The molecule has 4 heterocycles. The summed E-state index contributed by atoms with van der Waals surface area (Å²) < 4.78 is 40.7. The number of ether oxygens (including phenoxy) is 2. The molecule has 1 aliphatic carbocycles. The topological polar surface area (TPSA) is 82.7 Å². The molecule has 31 heavy (non-hydrogen) atoms. The lowest BCUT2D eigenvalue weighted by atomic mass is 9.97. The van der Waals surface area contributed by atoms with E-state index in [0.717, 1.165) is 42.1 Å². The molecule has 1 saturated carbocycles. The van der Waals surface area contributed by atoms with Crippen LogP contribution >= 0.6 is 0 Å². The molecule has 0 radical (unpaired) electrons. The van der Waals surface area contributed by atoms with Crippen LogP contribution in [0.5, 0.6) is 5.75 Å². The van der Waals surface area contributed by atoms with Crippen LogP contribution in [0.15, 0.2) is 30.7 Å². The molecule has 10 heteroatoms. The molecule has 1 aliphatic heterocycles. The molecule has 2 aliphatic rings. The van der Waals surface area contributed by atoms with Crippen molar-refractivity contribution in [2.75, 3.05) is 25.1 Å². The molecule has 1 saturated heterocycles. The Morgan fingerprint density at radius 1 is 1.35 bits per heavy atom. The predicted molar refractivity (Wildman–Crippen MR) is 108 cm³/mol. The van der Waals surface area contributed by atoms with Crippen LogP contribution in [0.4, 0.5) is 14.5 Å². The van der Waals surface area contributed by atoms with Crippen LogP contribution in [0.3, 0.4) is 0 Å². The van der Waals surface area contributed by atoms with E-state index in [1.165, 1.54) is 12.3 Å². The zero-order valence-electron chi connectivity index (χ0n) is 17.1. The first-order valence-corrected chi connectivity index (χ1v) is 10.4. The van der Waals surface area contributed by atoms with E-state index in [1.807, 2.05) is 17.5 Å². The first-order valence-electron chi connectivity index (χ1n) is 10.4. The van der Waals surface area contributed by atoms with Gasteiger partial charge < -0.3 is 19.2 Å². The van der Waals surface area contributed by atoms with Crippen molar-refractivity contribution < 1.29 is 23.0 Å². The van der Waals surface area contributed by atoms with Gasteiger partial charge in [0, 0.05) is 50.2 Å². The van der Waals surface area contributed by atoms with E-state index in [0.29, 0.717) is 24.0 Å². The summed E-state index contributed by atoms with van der Waals surface area (Å²) in [6.45, 7) is 3.72. The van der Waals surface area contributed by atoms with Crippen molar-refractivity contribution in [1.82, 2.24) is 19.2 Å². The Kier molecular flexibility index (Phi) is 4.88. The largest absolute Gasteiger partial charge is 0.491 e. The summed E-state index contributed by atoms with van der Waals surface area (Å²) >= 11 is 0. The summed E-state index contributed by atoms with van der Waals surface area (Å²) in [5.41, 5.74) is 2.24. The number of imidazole rings is 1. The van der Waals surface area contributed by atoms with E-state index in [-0.39, 0.29) is 12.1 Å². The SMILES string of the molecule is CCOc1cc2nc(C3CCOCC3)cn2cc1NC(=O)c1ccn(C2CC2(F)F)n1. The minimum Gasteiger partial charge on any atom is -0.491 e. The van der Waals surface area contributed by atoms with Crippen LogP contribution in [0.2, 0.25) is 0 Å². The number of amides is 1. The van der Waals surface area contributed by atoms with Crippen molar-refractivity contribution in [2.24, 2.45) is 0 Å². The highest BCUT2D eigenvalue weighted by molar-refractivity contribution is 6.03. The lowest BCUT2D eigenvalue weighted by Gasteiger charge is -2.19. The second-order valence-electron chi connectivity index (χ2n) is 7.92. The maximum Gasteiger partial charge on any atom is 0.276 e. The molecule has 1 N–H and O–H groups in total. The molecule has 0 aromatic carbocycles. The number of halogens is 2. The van der Waals surface area contributed by atoms with Gasteiger partial charge in [0.2, 0.25) is 0 Å². The van der Waals surface area contributed by atoms with Gasteiger partial charge in [-0.25, -0.2) is 13.8 Å². The van der Waals surface area contributed by atoms with E-state index in [9.17, 15) is 13.6 Å². The van der Waals surface area contributed by atoms with Crippen molar-refractivity contribution in [3.8, 4) is 5.75 Å². The molecule has 0 bridgehead atoms. The van der Waals surface area contributed by atoms with Gasteiger partial charge in [-0.05, 0) is 25.8 Å². The van der Waals surface area contributed by atoms with E-state index in [4.69, 9.17) is 14.5 Å². The number of carbonyl (C=O) groups excluding carboxylic acids is 1. The smallest absolute Gasteiger partial charge is 0.276 e. The maximum atomic E-state index is 13.3. The number of fused-ring (bicyclic) bond motifs is 1. The summed E-state index contributed by atoms with van der Waals surface area (Å²) in [5, 5.41) is 6.81. The quantitative estimate of drug-likeness (QED) is 0.644. The molecular formula is C21H23F2N5O3. The fourth-order valence-electron chi connectivity index (χ4n) is 3.90. The van der Waals surface area contributed by atoms with Crippen molar-refractivity contribution in [1.29, 1.82) is 0 Å². The number of pyridine rings is 1. The number of hydrogen-bond acceptors (Lipinski definition) is 5. The number of nitrogens with one attached hydrogen (secondary N) is 1. The van der Waals surface area contributed by atoms with Crippen LogP contribution in [-0.4, -0.2) is 50.8 Å². The summed E-state index contributed by atoms with van der Waals surface area (Å²) in [6.07, 6.45) is 6.71. The Bertz CT molecular complexity index is 1120. The average molecular weight is 431 g/mol. The van der Waals surface area contributed by atoms with Gasteiger partial charge in [-0.1, -0.05) is 0 Å². The molecule has 1 unspecified atom stereocenters. The normalized spacial score (nSPS) is 20.7. The van der Waals surface area contributed by atoms with E-state index in [1.54, 1.807) is 12.3 Å². The van der Waals surface area contributed by atoms with Crippen LogP contribution in [-0.2, 0) is 4.74 Å². The zero-order valence-corrected chi connectivity index (χ0v) is 17.1. The Balaban J connectivity index is 1.39. The molecule has 3 aromatic rings. The summed E-state index contributed by atoms with van der Waals surface area (Å²) in [6, 6.07) is 2.24. The fourth-order valence-corrected chi connectivity index (χ4v) is 3.90. The number of carbonyl (C=O) groups is 1. The zero-order chi connectivity index (χ0) is 21.6. The highest BCUT2D eigenvalue weighted by Gasteiger charge is 2.59. The van der Waals surface area contributed by atoms with Gasteiger partial charge in [0.1, 0.15) is 23.1 Å². The first-order chi connectivity index (χ1) is 14.9. The van der Waals surface area contributed by atoms with Gasteiger partial charge in [-0.15, -0.1) is 0 Å². The van der Waals surface area contributed by atoms with E-state index >= 15 is 0 Å². The number of rotatable bonds is 6. The van der Waals surface area contributed by atoms with Crippen molar-refractivity contribution in [3.63, 3.8) is 0 Å².